The van der Waals surface area contributed by atoms with Gasteiger partial charge in [-0.05, 0) is 74.2 Å². The van der Waals surface area contributed by atoms with E-state index in [0.717, 1.165) is 18.0 Å². The average Bonchev–Trinajstić information content (AvgIpc) is 3.25. The molecular formula is C42H47N9O14S3. The molecule has 0 spiro atoms. The lowest BCUT2D eigenvalue weighted by Crippen LogP contribution is -2.50. The van der Waals surface area contributed by atoms with Crippen LogP contribution in [0, 0.1) is 20.8 Å². The normalized spacial score (nSPS) is 12.9. The van der Waals surface area contributed by atoms with Crippen LogP contribution >= 0.6 is 0 Å². The Bertz CT molecular complexity index is 3180. The van der Waals surface area contributed by atoms with E-state index in [4.69, 9.17) is 5.73 Å². The van der Waals surface area contributed by atoms with E-state index >= 15 is 0 Å². The zero-order valence-corrected chi connectivity index (χ0v) is 38.9. The van der Waals surface area contributed by atoms with Crippen LogP contribution in [0.15, 0.2) is 98.8 Å². The standard InChI is InChI=1S/C42H47N9O14S3/c1-24-15-25(2)38(26(3)16-24)67(61,62)50-32(42(56)57)21-46-40(54)31-22-51(34-17-27(18-43)9-11-30(34)37(31)52)14-6-13-44-41(55)33(23-66(58,59)60)48-39(53)29-10-12-36(45-19-29)49-47-20-28-7-4-5-8-35(28)68(63,64)65/h4-5,7-12,15-17,19-20,22,32-33,50H,6,13-14,18,21,23,43H2,1-3H3,(H,44,55)(H,45,49)(H,46,54)(H,48,53)(H,56,57)(H,58,59,60)(H,63,64,65)/b47-20+/t32-,33+/m1/s1. The number of aliphatic carboxylic acids is 1. The first-order valence-corrected chi connectivity index (χ1v) is 24.7. The summed E-state index contributed by atoms with van der Waals surface area (Å²) in [6, 6.07) is 12.2. The summed E-state index contributed by atoms with van der Waals surface area (Å²) in [5.74, 6) is -5.72. The van der Waals surface area contributed by atoms with E-state index in [0.29, 0.717) is 22.2 Å². The molecule has 5 aromatic rings. The van der Waals surface area contributed by atoms with Crippen molar-refractivity contribution in [1.82, 2.24) is 30.2 Å². The van der Waals surface area contributed by atoms with E-state index < -0.39 is 94.2 Å². The molecule has 68 heavy (non-hydrogen) atoms. The van der Waals surface area contributed by atoms with Crippen LogP contribution in [0.5, 0.6) is 0 Å². The van der Waals surface area contributed by atoms with Gasteiger partial charge < -0.3 is 31.4 Å². The van der Waals surface area contributed by atoms with Crippen LogP contribution in [-0.4, -0.2) is 110 Å². The number of anilines is 1. The maximum Gasteiger partial charge on any atom is 0.323 e. The molecule has 2 aromatic heterocycles. The number of aromatic nitrogens is 2. The van der Waals surface area contributed by atoms with Crippen LogP contribution in [0.25, 0.3) is 10.9 Å². The van der Waals surface area contributed by atoms with Crippen LogP contribution in [0.4, 0.5) is 5.82 Å². The molecule has 0 aliphatic carbocycles. The third-order valence-corrected chi connectivity index (χ3v) is 13.5. The Morgan fingerprint density at radius 3 is 2.19 bits per heavy atom. The number of aryl methyl sites for hydroxylation is 4. The number of hydrogen-bond donors (Lipinski definition) is 9. The van der Waals surface area contributed by atoms with Gasteiger partial charge in [0.1, 0.15) is 34.1 Å². The van der Waals surface area contributed by atoms with Gasteiger partial charge in [-0.3, -0.25) is 38.5 Å². The van der Waals surface area contributed by atoms with Gasteiger partial charge in [-0.1, -0.05) is 42.0 Å². The van der Waals surface area contributed by atoms with E-state index in [9.17, 15) is 63.4 Å². The van der Waals surface area contributed by atoms with Crippen LogP contribution in [0.1, 0.15) is 55.0 Å². The number of amides is 3. The Morgan fingerprint density at radius 2 is 1.57 bits per heavy atom. The number of sulfonamides is 1. The van der Waals surface area contributed by atoms with Crippen molar-refractivity contribution in [1.29, 1.82) is 0 Å². The molecule has 0 saturated heterocycles. The SMILES string of the molecule is Cc1cc(C)c(S(=O)(=O)N[C@H](CNC(=O)c2cn(CCCNC(=O)[C@H](CS(=O)(=O)O)NC(=O)c3ccc(N/N=C/c4ccccc4S(=O)(=O)O)nc3)c3cc(CN)ccc3c2=O)C(=O)O)c(C)c1. The molecular weight excluding hydrogens is 951 g/mol. The number of benzene rings is 3. The second-order valence-corrected chi connectivity index (χ2v) is 19.8. The number of carbonyl (C=O) groups is 4. The first-order chi connectivity index (χ1) is 31.9. The molecule has 0 unspecified atom stereocenters. The minimum atomic E-state index is -4.83. The average molecular weight is 998 g/mol. The number of nitrogens with two attached hydrogens (primary N) is 1. The fourth-order valence-electron chi connectivity index (χ4n) is 7.02. The predicted molar refractivity (Wildman–Crippen MR) is 248 cm³/mol. The summed E-state index contributed by atoms with van der Waals surface area (Å²) in [5.41, 5.74) is 9.62. The Balaban J connectivity index is 1.25. The summed E-state index contributed by atoms with van der Waals surface area (Å²) in [5, 5.41) is 20.9. The summed E-state index contributed by atoms with van der Waals surface area (Å²) >= 11 is 0. The van der Waals surface area contributed by atoms with Crippen molar-refractivity contribution in [2.24, 2.45) is 10.8 Å². The van der Waals surface area contributed by atoms with Crippen molar-refractivity contribution in [2.45, 2.75) is 62.2 Å². The second-order valence-electron chi connectivity index (χ2n) is 15.3. The van der Waals surface area contributed by atoms with Gasteiger partial charge in [0.25, 0.3) is 32.1 Å². The molecule has 0 radical (unpaired) electrons. The van der Waals surface area contributed by atoms with Crippen molar-refractivity contribution in [3.8, 4) is 0 Å². The molecule has 26 heteroatoms. The third kappa shape index (κ3) is 13.6. The quantitative estimate of drug-likeness (QED) is 0.0213. The van der Waals surface area contributed by atoms with Gasteiger partial charge in [0, 0.05) is 49.5 Å². The molecule has 0 aliphatic heterocycles. The van der Waals surface area contributed by atoms with Crippen molar-refractivity contribution in [3.05, 3.63) is 128 Å². The first kappa shape index (κ1) is 52.0. The van der Waals surface area contributed by atoms with Crippen molar-refractivity contribution in [2.75, 3.05) is 24.3 Å². The maximum absolute atomic E-state index is 13.6. The van der Waals surface area contributed by atoms with Crippen LogP contribution < -0.4 is 37.3 Å². The Morgan fingerprint density at radius 1 is 0.882 bits per heavy atom. The van der Waals surface area contributed by atoms with Crippen molar-refractivity contribution >= 4 is 76.9 Å². The molecule has 3 aromatic carbocycles. The van der Waals surface area contributed by atoms with Gasteiger partial charge in [-0.2, -0.15) is 26.7 Å². The monoisotopic (exact) mass is 997 g/mol. The summed E-state index contributed by atoms with van der Waals surface area (Å²) in [4.78, 5) is 69.2. The molecule has 0 saturated carbocycles. The number of fused-ring (bicyclic) bond motifs is 1. The lowest BCUT2D eigenvalue weighted by atomic mass is 10.1. The lowest BCUT2D eigenvalue weighted by molar-refractivity contribution is -0.138. The zero-order valence-electron chi connectivity index (χ0n) is 36.5. The molecule has 23 nitrogen and oxygen atoms in total. The van der Waals surface area contributed by atoms with Gasteiger partial charge in [-0.25, -0.2) is 13.4 Å². The van der Waals surface area contributed by atoms with Gasteiger partial charge in [0.15, 0.2) is 0 Å². The highest BCUT2D eigenvalue weighted by atomic mass is 32.2. The highest BCUT2D eigenvalue weighted by molar-refractivity contribution is 7.89. The minimum absolute atomic E-state index is 0.0106. The predicted octanol–water partition coefficient (Wildman–Crippen LogP) is 0.827. The number of hydrogen-bond acceptors (Lipinski definition) is 15. The minimum Gasteiger partial charge on any atom is -0.480 e. The topological polar surface area (TPSA) is 365 Å². The molecule has 0 bridgehead atoms. The summed E-state index contributed by atoms with van der Waals surface area (Å²) in [7, 11) is -13.8. The first-order valence-electron chi connectivity index (χ1n) is 20.2. The number of pyridine rings is 2. The van der Waals surface area contributed by atoms with Gasteiger partial charge in [0.05, 0.1) is 22.2 Å². The van der Waals surface area contributed by atoms with Crippen LogP contribution in [0.2, 0.25) is 0 Å². The molecule has 5 rings (SSSR count). The Kier molecular flexibility index (Phi) is 16.7. The summed E-state index contributed by atoms with van der Waals surface area (Å²) in [6.45, 7) is 4.08. The van der Waals surface area contributed by atoms with E-state index in [1.807, 2.05) is 0 Å². The molecule has 0 aliphatic rings. The molecule has 3 amide bonds. The van der Waals surface area contributed by atoms with Gasteiger partial charge in [-0.15, -0.1) is 0 Å². The number of nitrogens with zero attached hydrogens (tertiary/aromatic N) is 3. The third-order valence-electron chi connectivity index (χ3n) is 10.0. The summed E-state index contributed by atoms with van der Waals surface area (Å²) < 4.78 is 96.3. The van der Waals surface area contributed by atoms with E-state index in [-0.39, 0.29) is 53.3 Å². The molecule has 10 N–H and O–H groups in total. The smallest absolute Gasteiger partial charge is 0.323 e. The fraction of sp³-hybridized carbons (Fsp3) is 0.262. The highest BCUT2D eigenvalue weighted by Crippen LogP contribution is 2.22. The molecule has 0 fully saturated rings. The van der Waals surface area contributed by atoms with Crippen molar-refractivity contribution in [3.63, 3.8) is 0 Å². The number of hydrazone groups is 1. The number of carboxylic acid groups (broad SMARTS) is 1. The summed E-state index contributed by atoms with van der Waals surface area (Å²) in [6.07, 6.45) is 3.44. The second kappa shape index (κ2) is 21.8. The number of rotatable bonds is 21. The Labute approximate surface area is 389 Å². The molecule has 362 valence electrons. The largest absolute Gasteiger partial charge is 0.480 e. The Hall–Kier alpha value is -6.94. The van der Waals surface area contributed by atoms with Gasteiger partial charge >= 0.3 is 5.97 Å². The maximum atomic E-state index is 13.6. The van der Waals surface area contributed by atoms with E-state index in [1.165, 1.54) is 53.2 Å². The number of carboxylic acids is 1. The fourth-order valence-corrected chi connectivity index (χ4v) is 9.99. The van der Waals surface area contributed by atoms with Gasteiger partial charge in [0.2, 0.25) is 21.4 Å². The molecule has 2 atom stereocenters. The van der Waals surface area contributed by atoms with E-state index in [2.05, 4.69) is 36.2 Å². The number of nitrogens with one attached hydrogen (secondary N) is 5. The molecule has 2 heterocycles. The van der Waals surface area contributed by atoms with Crippen molar-refractivity contribution < 1.29 is 58.6 Å². The van der Waals surface area contributed by atoms with Crippen LogP contribution in [0.3, 0.4) is 0 Å². The lowest BCUT2D eigenvalue weighted by Gasteiger charge is -2.19. The van der Waals surface area contributed by atoms with E-state index in [1.54, 1.807) is 45.0 Å². The number of carbonyl (C=O) groups excluding carboxylic acids is 3. The zero-order chi connectivity index (χ0) is 50.1. The highest BCUT2D eigenvalue weighted by Gasteiger charge is 2.30. The van der Waals surface area contributed by atoms with Crippen LogP contribution in [-0.2, 0) is 52.9 Å².